The van der Waals surface area contributed by atoms with E-state index < -0.39 is 0 Å². The highest BCUT2D eigenvalue weighted by Crippen LogP contribution is 2.29. The molecule has 0 bridgehead atoms. The van der Waals surface area contributed by atoms with Crippen molar-refractivity contribution in [3.63, 3.8) is 0 Å². The first-order valence-corrected chi connectivity index (χ1v) is 6.56. The van der Waals surface area contributed by atoms with Gasteiger partial charge in [-0.25, -0.2) is 4.68 Å². The molecule has 1 aromatic heterocycles. The van der Waals surface area contributed by atoms with Gasteiger partial charge in [0.1, 0.15) is 0 Å². The molecule has 4 nitrogen and oxygen atoms in total. The van der Waals surface area contributed by atoms with Gasteiger partial charge in [-0.2, -0.15) is 0 Å². The quantitative estimate of drug-likeness (QED) is 0.876. The molecule has 2 rings (SSSR count). The molecular weight excluding hydrogens is 212 g/mol. The van der Waals surface area contributed by atoms with Gasteiger partial charge in [0.15, 0.2) is 0 Å². The number of aromatic nitrogens is 3. The minimum Gasteiger partial charge on any atom is -0.306 e. The molecule has 0 aliphatic heterocycles. The van der Waals surface area contributed by atoms with Gasteiger partial charge in [-0.1, -0.05) is 18.1 Å². The Balaban J connectivity index is 1.93. The summed E-state index contributed by atoms with van der Waals surface area (Å²) >= 11 is 0. The van der Waals surface area contributed by atoms with Crippen LogP contribution in [-0.2, 0) is 12.1 Å². The highest BCUT2D eigenvalue weighted by molar-refractivity contribution is 4.97. The average Bonchev–Trinajstić information content (AvgIpc) is 2.83. The monoisotopic (exact) mass is 236 g/mol. The molecule has 1 heterocycles. The first-order chi connectivity index (χ1) is 7.89. The number of hydrogen-bond acceptors (Lipinski definition) is 3. The summed E-state index contributed by atoms with van der Waals surface area (Å²) in [5, 5.41) is 12.0. The number of hydrogen-bond donors (Lipinski definition) is 1. The summed E-state index contributed by atoms with van der Waals surface area (Å²) in [4.78, 5) is 0. The topological polar surface area (TPSA) is 42.7 Å². The van der Waals surface area contributed by atoms with Crippen LogP contribution in [0, 0.1) is 0 Å². The molecule has 4 heteroatoms. The first-order valence-electron chi connectivity index (χ1n) is 6.56. The molecule has 1 fully saturated rings. The zero-order valence-corrected chi connectivity index (χ0v) is 11.5. The van der Waals surface area contributed by atoms with Gasteiger partial charge in [-0.3, -0.25) is 0 Å². The summed E-state index contributed by atoms with van der Waals surface area (Å²) in [6.07, 6.45) is 7.29. The van der Waals surface area contributed by atoms with Gasteiger partial charge in [-0.05, 0) is 40.5 Å². The van der Waals surface area contributed by atoms with E-state index in [-0.39, 0.29) is 5.54 Å². The summed E-state index contributed by atoms with van der Waals surface area (Å²) in [6, 6.07) is 0. The van der Waals surface area contributed by atoms with E-state index >= 15 is 0 Å². The van der Waals surface area contributed by atoms with Crippen LogP contribution in [0.25, 0.3) is 0 Å². The van der Waals surface area contributed by atoms with Crippen molar-refractivity contribution in [2.45, 2.75) is 71.0 Å². The van der Waals surface area contributed by atoms with Gasteiger partial charge >= 0.3 is 0 Å². The molecule has 1 aromatic rings. The molecule has 1 aliphatic rings. The standard InChI is InChI=1S/C13H24N4/c1-12(2,3)17-10-11(15-16-17)9-14-13(4)7-5-6-8-13/h10,14H,5-9H2,1-4H3. The zero-order valence-electron chi connectivity index (χ0n) is 11.5. The summed E-state index contributed by atoms with van der Waals surface area (Å²) < 4.78 is 1.93. The molecule has 0 amide bonds. The molecule has 0 atom stereocenters. The molecule has 0 radical (unpaired) electrons. The largest absolute Gasteiger partial charge is 0.306 e. The molecule has 17 heavy (non-hydrogen) atoms. The van der Waals surface area contributed by atoms with Crippen LogP contribution in [0.5, 0.6) is 0 Å². The fourth-order valence-electron chi connectivity index (χ4n) is 2.34. The summed E-state index contributed by atoms with van der Waals surface area (Å²) in [5.41, 5.74) is 1.36. The Morgan fingerprint density at radius 2 is 2.00 bits per heavy atom. The van der Waals surface area contributed by atoms with Gasteiger partial charge in [0, 0.05) is 12.1 Å². The van der Waals surface area contributed by atoms with Crippen LogP contribution in [0.15, 0.2) is 6.20 Å². The molecule has 1 saturated carbocycles. The van der Waals surface area contributed by atoms with Crippen molar-refractivity contribution < 1.29 is 0 Å². The highest BCUT2D eigenvalue weighted by atomic mass is 15.4. The summed E-state index contributed by atoms with van der Waals surface area (Å²) in [7, 11) is 0. The molecule has 0 spiro atoms. The Morgan fingerprint density at radius 1 is 1.35 bits per heavy atom. The average molecular weight is 236 g/mol. The Labute approximate surface area is 104 Å². The lowest BCUT2D eigenvalue weighted by Gasteiger charge is -2.24. The van der Waals surface area contributed by atoms with E-state index in [0.717, 1.165) is 12.2 Å². The second kappa shape index (κ2) is 4.41. The van der Waals surface area contributed by atoms with Crippen molar-refractivity contribution in [1.29, 1.82) is 0 Å². The van der Waals surface area contributed by atoms with Crippen molar-refractivity contribution >= 4 is 0 Å². The molecule has 96 valence electrons. The number of nitrogens with zero attached hydrogens (tertiary/aromatic N) is 3. The Hall–Kier alpha value is -0.900. The van der Waals surface area contributed by atoms with Crippen LogP contribution in [0.2, 0.25) is 0 Å². The van der Waals surface area contributed by atoms with E-state index in [1.807, 2.05) is 10.9 Å². The lowest BCUT2D eigenvalue weighted by Crippen LogP contribution is -2.38. The third kappa shape index (κ3) is 3.06. The first kappa shape index (κ1) is 12.6. The van der Waals surface area contributed by atoms with Crippen molar-refractivity contribution in [2.75, 3.05) is 0 Å². The van der Waals surface area contributed by atoms with Crippen molar-refractivity contribution in [2.24, 2.45) is 0 Å². The number of nitrogens with one attached hydrogen (secondary N) is 1. The Morgan fingerprint density at radius 3 is 2.53 bits per heavy atom. The SMILES string of the molecule is CC1(NCc2cn(C(C)(C)C)nn2)CCCC1. The van der Waals surface area contributed by atoms with Crippen molar-refractivity contribution in [3.8, 4) is 0 Å². The van der Waals surface area contributed by atoms with Crippen molar-refractivity contribution in [1.82, 2.24) is 20.3 Å². The third-order valence-electron chi connectivity index (χ3n) is 3.63. The van der Waals surface area contributed by atoms with E-state index in [0.29, 0.717) is 5.54 Å². The lowest BCUT2D eigenvalue weighted by molar-refractivity contribution is 0.346. The van der Waals surface area contributed by atoms with Crippen LogP contribution in [0.1, 0.15) is 59.1 Å². The minimum absolute atomic E-state index is 0.0164. The lowest BCUT2D eigenvalue weighted by atomic mass is 10.0. The van der Waals surface area contributed by atoms with Crippen LogP contribution in [-0.4, -0.2) is 20.5 Å². The summed E-state index contributed by atoms with van der Waals surface area (Å²) in [5.74, 6) is 0. The normalized spacial score (nSPS) is 19.8. The van der Waals surface area contributed by atoms with Crippen LogP contribution >= 0.6 is 0 Å². The predicted molar refractivity (Wildman–Crippen MR) is 68.7 cm³/mol. The van der Waals surface area contributed by atoms with Gasteiger partial charge in [0.05, 0.1) is 17.4 Å². The van der Waals surface area contributed by atoms with Crippen molar-refractivity contribution in [3.05, 3.63) is 11.9 Å². The second-order valence-electron chi connectivity index (χ2n) is 6.45. The molecular formula is C13H24N4. The van der Waals surface area contributed by atoms with Crippen LogP contribution in [0.3, 0.4) is 0 Å². The van der Waals surface area contributed by atoms with E-state index in [1.54, 1.807) is 0 Å². The molecule has 1 N–H and O–H groups in total. The maximum Gasteiger partial charge on any atom is 0.0965 e. The van der Waals surface area contributed by atoms with Crippen LogP contribution < -0.4 is 5.32 Å². The molecule has 0 aromatic carbocycles. The van der Waals surface area contributed by atoms with Gasteiger partial charge in [0.25, 0.3) is 0 Å². The third-order valence-corrected chi connectivity index (χ3v) is 3.63. The maximum absolute atomic E-state index is 4.23. The van der Waals surface area contributed by atoms with E-state index in [1.165, 1.54) is 25.7 Å². The van der Waals surface area contributed by atoms with E-state index in [4.69, 9.17) is 0 Å². The maximum atomic E-state index is 4.23. The van der Waals surface area contributed by atoms with E-state index in [2.05, 4.69) is 43.3 Å². The Kier molecular flexibility index (Phi) is 3.25. The van der Waals surface area contributed by atoms with Gasteiger partial charge < -0.3 is 5.32 Å². The predicted octanol–water partition coefficient (Wildman–Crippen LogP) is 2.46. The Bertz CT molecular complexity index is 369. The van der Waals surface area contributed by atoms with Gasteiger partial charge in [0.2, 0.25) is 0 Å². The highest BCUT2D eigenvalue weighted by Gasteiger charge is 2.28. The molecule has 0 saturated heterocycles. The van der Waals surface area contributed by atoms with Gasteiger partial charge in [-0.15, -0.1) is 5.10 Å². The van der Waals surface area contributed by atoms with E-state index in [9.17, 15) is 0 Å². The number of rotatable bonds is 3. The second-order valence-corrected chi connectivity index (χ2v) is 6.45. The molecule has 1 aliphatic carbocycles. The molecule has 0 unspecified atom stereocenters. The minimum atomic E-state index is 0.0164. The van der Waals surface area contributed by atoms with Crippen LogP contribution in [0.4, 0.5) is 0 Å². The zero-order chi connectivity index (χ0) is 12.5. The summed E-state index contributed by atoms with van der Waals surface area (Å²) in [6.45, 7) is 9.55. The fourth-order valence-corrected chi connectivity index (χ4v) is 2.34. The smallest absolute Gasteiger partial charge is 0.0965 e. The fraction of sp³-hybridized carbons (Fsp3) is 0.846.